The van der Waals surface area contributed by atoms with Crippen LogP contribution in [0.25, 0.3) is 0 Å². The predicted octanol–water partition coefficient (Wildman–Crippen LogP) is 1.89. The lowest BCUT2D eigenvalue weighted by molar-refractivity contribution is -0.133. The average Bonchev–Trinajstić information content (AvgIpc) is 3.21. The summed E-state index contributed by atoms with van der Waals surface area (Å²) in [7, 11) is 0. The molecule has 1 atom stereocenters. The molecular weight excluding hydrogens is 384 g/mol. The van der Waals surface area contributed by atoms with Gasteiger partial charge in [-0.15, -0.1) is 0 Å². The summed E-state index contributed by atoms with van der Waals surface area (Å²) in [5, 5.41) is 9.23. The van der Waals surface area contributed by atoms with Gasteiger partial charge in [0.05, 0.1) is 12.1 Å². The van der Waals surface area contributed by atoms with Gasteiger partial charge in [-0.3, -0.25) is 14.9 Å². The first-order valence-electron chi connectivity index (χ1n) is 10.3. The van der Waals surface area contributed by atoms with Crippen LogP contribution in [0.2, 0.25) is 0 Å². The smallest absolute Gasteiger partial charge is 0.322 e. The second-order valence-electron chi connectivity index (χ2n) is 8.18. The van der Waals surface area contributed by atoms with Gasteiger partial charge in [0.1, 0.15) is 11.3 Å². The Labute approximate surface area is 175 Å². The molecule has 8 heteroatoms. The molecule has 0 radical (unpaired) electrons. The third-order valence-corrected chi connectivity index (χ3v) is 6.35. The Morgan fingerprint density at radius 2 is 1.90 bits per heavy atom. The van der Waals surface area contributed by atoms with Crippen molar-refractivity contribution in [2.45, 2.75) is 45.1 Å². The number of amides is 4. The zero-order valence-electron chi connectivity index (χ0n) is 17.2. The van der Waals surface area contributed by atoms with Gasteiger partial charge in [0.2, 0.25) is 5.91 Å². The highest BCUT2D eigenvalue weighted by molar-refractivity contribution is 6.07. The molecule has 2 saturated heterocycles. The third-order valence-electron chi connectivity index (χ3n) is 6.35. The van der Waals surface area contributed by atoms with E-state index in [9.17, 15) is 14.4 Å². The van der Waals surface area contributed by atoms with Gasteiger partial charge in [0.25, 0.3) is 5.91 Å². The van der Waals surface area contributed by atoms with Gasteiger partial charge in [0.15, 0.2) is 0 Å². The van der Waals surface area contributed by atoms with E-state index in [4.69, 9.17) is 4.52 Å². The molecule has 4 rings (SSSR count). The molecule has 8 nitrogen and oxygen atoms in total. The minimum absolute atomic E-state index is 0.0277. The van der Waals surface area contributed by atoms with Crippen molar-refractivity contribution < 1.29 is 18.9 Å². The number of likely N-dealkylation sites (tertiary alicyclic amines) is 1. The molecule has 2 N–H and O–H groups in total. The first-order chi connectivity index (χ1) is 14.4. The summed E-state index contributed by atoms with van der Waals surface area (Å²) < 4.78 is 5.15. The quantitative estimate of drug-likeness (QED) is 0.733. The molecule has 158 valence electrons. The van der Waals surface area contributed by atoms with Crippen molar-refractivity contribution in [2.24, 2.45) is 5.92 Å². The van der Waals surface area contributed by atoms with Crippen LogP contribution >= 0.6 is 0 Å². The molecular formula is C22H26N4O4. The number of imide groups is 1. The molecule has 2 aliphatic rings. The summed E-state index contributed by atoms with van der Waals surface area (Å²) in [6.45, 7) is 4.74. The van der Waals surface area contributed by atoms with E-state index in [-0.39, 0.29) is 24.2 Å². The maximum atomic E-state index is 12.8. The van der Waals surface area contributed by atoms with E-state index in [1.54, 1.807) is 0 Å². The Hall–Kier alpha value is -3.16. The van der Waals surface area contributed by atoms with Crippen molar-refractivity contribution >= 4 is 17.8 Å². The number of nitrogens with zero attached hydrogens (tertiary/aromatic N) is 2. The van der Waals surface area contributed by atoms with Crippen molar-refractivity contribution in [1.82, 2.24) is 20.7 Å². The fourth-order valence-electron chi connectivity index (χ4n) is 4.62. The monoisotopic (exact) mass is 410 g/mol. The summed E-state index contributed by atoms with van der Waals surface area (Å²) >= 11 is 0. The number of nitrogens with one attached hydrogen (secondary N) is 2. The van der Waals surface area contributed by atoms with Crippen molar-refractivity contribution in [2.75, 3.05) is 13.1 Å². The number of aryl methyl sites for hydroxylation is 2. The van der Waals surface area contributed by atoms with Gasteiger partial charge < -0.3 is 14.7 Å². The summed E-state index contributed by atoms with van der Waals surface area (Å²) in [6, 6.07) is 9.24. The first kappa shape index (κ1) is 20.1. The summed E-state index contributed by atoms with van der Waals surface area (Å²) in [4.78, 5) is 39.4. The topological polar surface area (TPSA) is 105 Å². The highest BCUT2D eigenvalue weighted by atomic mass is 16.5. The molecule has 2 fully saturated rings. The van der Waals surface area contributed by atoms with Gasteiger partial charge in [0, 0.05) is 25.1 Å². The minimum Gasteiger partial charge on any atom is -0.361 e. The Balaban J connectivity index is 1.46. The van der Waals surface area contributed by atoms with Gasteiger partial charge in [-0.1, -0.05) is 35.5 Å². The molecule has 0 unspecified atom stereocenters. The van der Waals surface area contributed by atoms with E-state index in [0.29, 0.717) is 38.1 Å². The molecule has 2 aliphatic heterocycles. The van der Waals surface area contributed by atoms with Gasteiger partial charge in [-0.25, -0.2) is 4.79 Å². The second-order valence-corrected chi connectivity index (χ2v) is 8.18. The number of rotatable bonds is 5. The van der Waals surface area contributed by atoms with Gasteiger partial charge in [-0.05, 0) is 38.2 Å². The number of carbonyl (C=O) groups excluding carboxylic acids is 3. The molecule has 2 aromatic rings. The fourth-order valence-corrected chi connectivity index (χ4v) is 4.62. The SMILES string of the molecule is Cc1noc(C)c1CC(=O)N1CCC([C@]2(Cc3ccccc3)NC(=O)NC2=O)CC1. The zero-order chi connectivity index (χ0) is 21.3. The highest BCUT2D eigenvalue weighted by Gasteiger charge is 2.52. The van der Waals surface area contributed by atoms with Gasteiger partial charge >= 0.3 is 6.03 Å². The number of urea groups is 1. The molecule has 0 spiro atoms. The summed E-state index contributed by atoms with van der Waals surface area (Å²) in [5.41, 5.74) is 1.59. The maximum Gasteiger partial charge on any atom is 0.322 e. The molecule has 0 saturated carbocycles. The van der Waals surface area contributed by atoms with Crippen LogP contribution in [-0.4, -0.2) is 46.5 Å². The molecule has 4 amide bonds. The number of piperidine rings is 1. The number of benzene rings is 1. The minimum atomic E-state index is -0.977. The van der Waals surface area contributed by atoms with Crippen LogP contribution in [0.15, 0.2) is 34.9 Å². The summed E-state index contributed by atoms with van der Waals surface area (Å²) in [6.07, 6.45) is 1.99. The number of carbonyl (C=O) groups is 3. The van der Waals surface area contributed by atoms with E-state index in [0.717, 1.165) is 16.8 Å². The summed E-state index contributed by atoms with van der Waals surface area (Å²) in [5.74, 6) is 0.367. The molecule has 3 heterocycles. The number of hydrogen-bond donors (Lipinski definition) is 2. The van der Waals surface area contributed by atoms with E-state index >= 15 is 0 Å². The lowest BCUT2D eigenvalue weighted by Crippen LogP contribution is -2.58. The van der Waals surface area contributed by atoms with Crippen LogP contribution in [-0.2, 0) is 22.4 Å². The van der Waals surface area contributed by atoms with Crippen LogP contribution in [0.5, 0.6) is 0 Å². The Morgan fingerprint density at radius 3 is 2.47 bits per heavy atom. The predicted molar refractivity (Wildman–Crippen MR) is 109 cm³/mol. The molecule has 1 aromatic carbocycles. The van der Waals surface area contributed by atoms with Crippen molar-refractivity contribution in [3.63, 3.8) is 0 Å². The van der Waals surface area contributed by atoms with Crippen molar-refractivity contribution in [1.29, 1.82) is 0 Å². The molecule has 0 aliphatic carbocycles. The van der Waals surface area contributed by atoms with Crippen LogP contribution in [0.1, 0.15) is 35.4 Å². The average molecular weight is 410 g/mol. The molecule has 1 aromatic heterocycles. The standard InChI is InChI=1S/C22H26N4O4/c1-14-18(15(2)30-25-14)12-19(27)26-10-8-17(9-11-26)22(20(28)23-21(29)24-22)13-16-6-4-3-5-7-16/h3-7,17H,8-13H2,1-2H3,(H2,23,24,28,29)/t22-/m0/s1. The fraction of sp³-hybridized carbons (Fsp3) is 0.455. The van der Waals surface area contributed by atoms with Crippen molar-refractivity contribution in [3.05, 3.63) is 52.9 Å². The Kier molecular flexibility index (Phi) is 5.32. The highest BCUT2D eigenvalue weighted by Crippen LogP contribution is 2.34. The lowest BCUT2D eigenvalue weighted by atomic mass is 9.74. The maximum absolute atomic E-state index is 12.8. The van der Waals surface area contributed by atoms with Crippen molar-refractivity contribution in [3.8, 4) is 0 Å². The van der Waals surface area contributed by atoms with E-state index in [2.05, 4.69) is 15.8 Å². The Morgan fingerprint density at radius 1 is 1.20 bits per heavy atom. The van der Waals surface area contributed by atoms with Gasteiger partial charge in [-0.2, -0.15) is 0 Å². The second kappa shape index (κ2) is 7.93. The number of aromatic nitrogens is 1. The normalized spacial score (nSPS) is 22.1. The van der Waals surface area contributed by atoms with E-state index in [1.165, 1.54) is 0 Å². The van der Waals surface area contributed by atoms with Crippen LogP contribution < -0.4 is 10.6 Å². The first-order valence-corrected chi connectivity index (χ1v) is 10.3. The van der Waals surface area contributed by atoms with E-state index in [1.807, 2.05) is 49.1 Å². The number of hydrogen-bond acceptors (Lipinski definition) is 5. The largest absolute Gasteiger partial charge is 0.361 e. The molecule has 0 bridgehead atoms. The Bertz CT molecular complexity index is 943. The lowest BCUT2D eigenvalue weighted by Gasteiger charge is -2.40. The van der Waals surface area contributed by atoms with Crippen LogP contribution in [0, 0.1) is 19.8 Å². The zero-order valence-corrected chi connectivity index (χ0v) is 17.2. The van der Waals surface area contributed by atoms with Crippen LogP contribution in [0.4, 0.5) is 4.79 Å². The molecule has 30 heavy (non-hydrogen) atoms. The van der Waals surface area contributed by atoms with Crippen LogP contribution in [0.3, 0.4) is 0 Å². The third kappa shape index (κ3) is 3.69. The van der Waals surface area contributed by atoms with E-state index < -0.39 is 11.6 Å².